The number of rotatable bonds is 5. The summed E-state index contributed by atoms with van der Waals surface area (Å²) in [7, 11) is 0. The molecule has 5 nitrogen and oxygen atoms in total. The Morgan fingerprint density at radius 2 is 2.27 bits per heavy atom. The van der Waals surface area contributed by atoms with Crippen LogP contribution in [0, 0.1) is 6.92 Å². The number of Topliss-reactive ketones (excluding diaryl/α,β-unsaturated/α-hetero) is 1. The van der Waals surface area contributed by atoms with Crippen LogP contribution in [0.4, 0.5) is 0 Å². The Morgan fingerprint density at radius 1 is 1.53 bits per heavy atom. The molecule has 0 N–H and O–H groups in total. The maximum Gasteiger partial charge on any atom is 0.313 e. The van der Waals surface area contributed by atoms with Crippen molar-refractivity contribution in [2.24, 2.45) is 0 Å². The van der Waals surface area contributed by atoms with Crippen LogP contribution in [-0.4, -0.2) is 28.1 Å². The number of ether oxygens (including phenoxy) is 1. The van der Waals surface area contributed by atoms with E-state index >= 15 is 0 Å². The van der Waals surface area contributed by atoms with Gasteiger partial charge in [-0.2, -0.15) is 5.10 Å². The van der Waals surface area contributed by atoms with Crippen molar-refractivity contribution in [3.05, 3.63) is 18.0 Å². The Bertz CT molecular complexity index is 357. The van der Waals surface area contributed by atoms with E-state index in [1.54, 1.807) is 19.2 Å². The molecule has 1 rings (SSSR count). The number of ketones is 1. The molecule has 1 aromatic rings. The van der Waals surface area contributed by atoms with Gasteiger partial charge in [-0.15, -0.1) is 0 Å². The zero-order chi connectivity index (χ0) is 11.3. The van der Waals surface area contributed by atoms with Crippen molar-refractivity contribution in [2.75, 3.05) is 6.61 Å². The summed E-state index contributed by atoms with van der Waals surface area (Å²) in [6.07, 6.45) is 1.52. The highest BCUT2D eigenvalue weighted by Gasteiger charge is 2.10. The van der Waals surface area contributed by atoms with E-state index in [2.05, 4.69) is 9.84 Å². The third-order valence-corrected chi connectivity index (χ3v) is 1.76. The standard InChI is InChI=1S/C10H14N2O3/c1-3-15-10(14)6-9(13)7-12-5-4-8(2)11-12/h4-5H,3,6-7H2,1-2H3. The molecule has 0 aliphatic carbocycles. The second-order valence-corrected chi connectivity index (χ2v) is 3.18. The lowest BCUT2D eigenvalue weighted by Gasteiger charge is -2.01. The van der Waals surface area contributed by atoms with E-state index in [4.69, 9.17) is 0 Å². The molecule has 0 bridgehead atoms. The number of nitrogens with zero attached hydrogens (tertiary/aromatic N) is 2. The van der Waals surface area contributed by atoms with Crippen LogP contribution in [0.3, 0.4) is 0 Å². The van der Waals surface area contributed by atoms with Crippen LogP contribution in [0.15, 0.2) is 12.3 Å². The minimum Gasteiger partial charge on any atom is -0.466 e. The fraction of sp³-hybridized carbons (Fsp3) is 0.500. The van der Waals surface area contributed by atoms with Crippen molar-refractivity contribution < 1.29 is 14.3 Å². The fourth-order valence-corrected chi connectivity index (χ4v) is 1.16. The number of hydrogen-bond donors (Lipinski definition) is 0. The van der Waals surface area contributed by atoms with Crippen molar-refractivity contribution in [1.29, 1.82) is 0 Å². The van der Waals surface area contributed by atoms with E-state index in [0.29, 0.717) is 6.61 Å². The lowest BCUT2D eigenvalue weighted by Crippen LogP contribution is -2.16. The van der Waals surface area contributed by atoms with Gasteiger partial charge in [-0.25, -0.2) is 0 Å². The predicted octanol–water partition coefficient (Wildman–Crippen LogP) is 0.714. The summed E-state index contributed by atoms with van der Waals surface area (Å²) in [6, 6.07) is 1.80. The summed E-state index contributed by atoms with van der Waals surface area (Å²) < 4.78 is 6.18. The summed E-state index contributed by atoms with van der Waals surface area (Å²) in [5.74, 6) is -0.678. The van der Waals surface area contributed by atoms with E-state index < -0.39 is 5.97 Å². The number of hydrogen-bond acceptors (Lipinski definition) is 4. The first-order valence-corrected chi connectivity index (χ1v) is 4.79. The molecule has 0 saturated heterocycles. The van der Waals surface area contributed by atoms with Crippen LogP contribution in [0.25, 0.3) is 0 Å². The van der Waals surface area contributed by atoms with Gasteiger partial charge in [0.2, 0.25) is 0 Å². The highest BCUT2D eigenvalue weighted by Crippen LogP contribution is 1.96. The molecule has 1 heterocycles. The smallest absolute Gasteiger partial charge is 0.313 e. The van der Waals surface area contributed by atoms with E-state index in [1.807, 2.05) is 6.92 Å². The van der Waals surface area contributed by atoms with Crippen molar-refractivity contribution in [3.63, 3.8) is 0 Å². The molecule has 0 aliphatic rings. The van der Waals surface area contributed by atoms with Gasteiger partial charge in [-0.05, 0) is 19.9 Å². The largest absolute Gasteiger partial charge is 0.466 e. The number of carbonyl (C=O) groups is 2. The average molecular weight is 210 g/mol. The van der Waals surface area contributed by atoms with Crippen molar-refractivity contribution >= 4 is 11.8 Å². The van der Waals surface area contributed by atoms with E-state index in [1.165, 1.54) is 4.68 Å². The summed E-state index contributed by atoms with van der Waals surface area (Å²) in [6.45, 7) is 3.96. The van der Waals surface area contributed by atoms with Crippen molar-refractivity contribution in [2.45, 2.75) is 26.8 Å². The first kappa shape index (κ1) is 11.4. The van der Waals surface area contributed by atoms with Crippen LogP contribution >= 0.6 is 0 Å². The average Bonchev–Trinajstić information content (AvgIpc) is 2.51. The minimum atomic E-state index is -0.480. The van der Waals surface area contributed by atoms with Crippen LogP contribution in [0.2, 0.25) is 0 Å². The van der Waals surface area contributed by atoms with Crippen LogP contribution in [0.5, 0.6) is 0 Å². The van der Waals surface area contributed by atoms with Crippen LogP contribution in [0.1, 0.15) is 19.0 Å². The van der Waals surface area contributed by atoms with E-state index in [-0.39, 0.29) is 18.7 Å². The molecule has 0 saturated carbocycles. The minimum absolute atomic E-state index is 0.118. The summed E-state index contributed by atoms with van der Waals surface area (Å²) in [5.41, 5.74) is 0.846. The van der Waals surface area contributed by atoms with Gasteiger partial charge in [-0.1, -0.05) is 0 Å². The Balaban J connectivity index is 2.39. The normalized spacial score (nSPS) is 10.0. The highest BCUT2D eigenvalue weighted by atomic mass is 16.5. The molecule has 15 heavy (non-hydrogen) atoms. The van der Waals surface area contributed by atoms with Crippen LogP contribution < -0.4 is 0 Å². The molecule has 0 amide bonds. The lowest BCUT2D eigenvalue weighted by molar-refractivity contribution is -0.145. The third kappa shape index (κ3) is 3.93. The number of carbonyl (C=O) groups excluding carboxylic acids is 2. The summed E-state index contributed by atoms with van der Waals surface area (Å²) >= 11 is 0. The van der Waals surface area contributed by atoms with Gasteiger partial charge in [0.25, 0.3) is 0 Å². The quantitative estimate of drug-likeness (QED) is 0.530. The summed E-state index contributed by atoms with van der Waals surface area (Å²) in [4.78, 5) is 22.3. The molecular formula is C10H14N2O3. The second-order valence-electron chi connectivity index (χ2n) is 3.18. The van der Waals surface area contributed by atoms with Gasteiger partial charge in [0.05, 0.1) is 12.3 Å². The Labute approximate surface area is 88.0 Å². The number of aryl methyl sites for hydroxylation is 1. The Morgan fingerprint density at radius 3 is 2.80 bits per heavy atom. The molecule has 0 atom stereocenters. The molecule has 0 fully saturated rings. The topological polar surface area (TPSA) is 61.2 Å². The van der Waals surface area contributed by atoms with Gasteiger partial charge < -0.3 is 4.74 Å². The molecule has 82 valence electrons. The van der Waals surface area contributed by atoms with Gasteiger partial charge >= 0.3 is 5.97 Å². The molecule has 5 heteroatoms. The molecule has 0 radical (unpaired) electrons. The monoisotopic (exact) mass is 210 g/mol. The Kier molecular flexibility index (Phi) is 4.03. The van der Waals surface area contributed by atoms with Gasteiger partial charge in [0.15, 0.2) is 5.78 Å². The second kappa shape index (κ2) is 5.29. The molecule has 0 spiro atoms. The number of aromatic nitrogens is 2. The first-order valence-electron chi connectivity index (χ1n) is 4.79. The molecule has 0 aromatic carbocycles. The molecule has 0 unspecified atom stereocenters. The predicted molar refractivity (Wildman–Crippen MR) is 53.2 cm³/mol. The SMILES string of the molecule is CCOC(=O)CC(=O)Cn1ccc(C)n1. The highest BCUT2D eigenvalue weighted by molar-refractivity contribution is 5.95. The van der Waals surface area contributed by atoms with E-state index in [9.17, 15) is 9.59 Å². The van der Waals surface area contributed by atoms with Crippen molar-refractivity contribution in [3.8, 4) is 0 Å². The molecular weight excluding hydrogens is 196 g/mol. The number of esters is 1. The zero-order valence-corrected chi connectivity index (χ0v) is 8.90. The first-order chi connectivity index (χ1) is 7.11. The van der Waals surface area contributed by atoms with Crippen LogP contribution in [-0.2, 0) is 20.9 Å². The lowest BCUT2D eigenvalue weighted by atomic mass is 10.3. The fourth-order valence-electron chi connectivity index (χ4n) is 1.16. The maximum absolute atomic E-state index is 11.3. The van der Waals surface area contributed by atoms with E-state index in [0.717, 1.165) is 5.69 Å². The molecule has 1 aromatic heterocycles. The Hall–Kier alpha value is -1.65. The van der Waals surface area contributed by atoms with Gasteiger partial charge in [0, 0.05) is 6.20 Å². The third-order valence-electron chi connectivity index (χ3n) is 1.76. The van der Waals surface area contributed by atoms with Gasteiger partial charge in [-0.3, -0.25) is 14.3 Å². The zero-order valence-electron chi connectivity index (χ0n) is 8.90. The summed E-state index contributed by atoms with van der Waals surface area (Å²) in [5, 5.41) is 4.05. The maximum atomic E-state index is 11.3. The molecule has 0 aliphatic heterocycles. The van der Waals surface area contributed by atoms with Crippen molar-refractivity contribution in [1.82, 2.24) is 9.78 Å². The van der Waals surface area contributed by atoms with Gasteiger partial charge in [0.1, 0.15) is 13.0 Å².